The van der Waals surface area contributed by atoms with Gasteiger partial charge < -0.3 is 29.2 Å². The average molecular weight is 478 g/mol. The fraction of sp³-hybridized carbons (Fsp3) is 0.192. The van der Waals surface area contributed by atoms with Gasteiger partial charge in [-0.1, -0.05) is 54.6 Å². The van der Waals surface area contributed by atoms with E-state index in [1.807, 2.05) is 0 Å². The molecule has 4 rings (SSSR count). The maximum Gasteiger partial charge on any atom is 0.340 e. The van der Waals surface area contributed by atoms with Crippen LogP contribution in [0.15, 0.2) is 91.0 Å². The summed E-state index contributed by atoms with van der Waals surface area (Å²) >= 11 is 0. The van der Waals surface area contributed by atoms with Gasteiger partial charge in [0, 0.05) is 0 Å². The molecule has 1 saturated heterocycles. The van der Waals surface area contributed by atoms with Crippen LogP contribution < -0.4 is 0 Å². The number of benzene rings is 3. The molecule has 3 aromatic carbocycles. The second kappa shape index (κ2) is 10.5. The fourth-order valence-corrected chi connectivity index (χ4v) is 3.45. The normalized spacial score (nSPS) is 20.6. The molecule has 1 fully saturated rings. The number of hydrogen-bond donors (Lipinski definition) is 2. The zero-order valence-corrected chi connectivity index (χ0v) is 18.4. The number of hydrogen-bond acceptors (Lipinski definition) is 9. The lowest BCUT2D eigenvalue weighted by Crippen LogP contribution is -2.52. The molecule has 0 bridgehead atoms. The highest BCUT2D eigenvalue weighted by molar-refractivity contribution is 5.90. The monoisotopic (exact) mass is 478 g/mol. The van der Waals surface area contributed by atoms with Crippen LogP contribution in [0.3, 0.4) is 0 Å². The van der Waals surface area contributed by atoms with Gasteiger partial charge in [-0.15, -0.1) is 0 Å². The van der Waals surface area contributed by atoms with Crippen molar-refractivity contribution in [2.24, 2.45) is 0 Å². The molecule has 9 nitrogen and oxygen atoms in total. The molecule has 35 heavy (non-hydrogen) atoms. The van der Waals surface area contributed by atoms with Crippen molar-refractivity contribution in [1.29, 1.82) is 0 Å². The van der Waals surface area contributed by atoms with Crippen molar-refractivity contribution in [3.63, 3.8) is 0 Å². The van der Waals surface area contributed by atoms with Crippen molar-refractivity contribution in [2.75, 3.05) is 6.61 Å². The largest absolute Gasteiger partial charge is 0.459 e. The van der Waals surface area contributed by atoms with Gasteiger partial charge in [0.1, 0.15) is 12.7 Å². The molecule has 0 unspecified atom stereocenters. The van der Waals surface area contributed by atoms with Gasteiger partial charge in [-0.3, -0.25) is 0 Å². The van der Waals surface area contributed by atoms with Gasteiger partial charge in [-0.2, -0.15) is 0 Å². The van der Waals surface area contributed by atoms with Crippen LogP contribution in [0.1, 0.15) is 31.1 Å². The first-order chi connectivity index (χ1) is 16.9. The SMILES string of the molecule is O=C(OC[C@H]1O[C@@H](OC(=O)c2ccccc2)C(O)(O)[C@@H]1OC(=O)c1ccccc1)c1ccccc1. The summed E-state index contributed by atoms with van der Waals surface area (Å²) in [4.78, 5) is 37.5. The fourth-order valence-electron chi connectivity index (χ4n) is 3.45. The molecule has 0 amide bonds. The molecule has 0 aliphatic carbocycles. The highest BCUT2D eigenvalue weighted by Crippen LogP contribution is 2.34. The molecule has 0 aromatic heterocycles. The van der Waals surface area contributed by atoms with Crippen molar-refractivity contribution in [1.82, 2.24) is 0 Å². The topological polar surface area (TPSA) is 129 Å². The summed E-state index contributed by atoms with van der Waals surface area (Å²) in [5.74, 6) is -5.40. The quantitative estimate of drug-likeness (QED) is 0.299. The van der Waals surface area contributed by atoms with Crippen molar-refractivity contribution >= 4 is 17.9 Å². The van der Waals surface area contributed by atoms with E-state index in [1.165, 1.54) is 36.4 Å². The number of ether oxygens (including phenoxy) is 4. The molecule has 1 heterocycles. The second-order valence-corrected chi connectivity index (χ2v) is 7.72. The predicted molar refractivity (Wildman–Crippen MR) is 120 cm³/mol. The second-order valence-electron chi connectivity index (χ2n) is 7.72. The van der Waals surface area contributed by atoms with E-state index in [4.69, 9.17) is 18.9 Å². The molecule has 0 radical (unpaired) electrons. The Kier molecular flexibility index (Phi) is 7.21. The van der Waals surface area contributed by atoms with Crippen LogP contribution >= 0.6 is 0 Å². The van der Waals surface area contributed by atoms with E-state index in [1.54, 1.807) is 54.6 Å². The summed E-state index contributed by atoms with van der Waals surface area (Å²) in [7, 11) is 0. The summed E-state index contributed by atoms with van der Waals surface area (Å²) in [5, 5.41) is 21.6. The zero-order valence-electron chi connectivity index (χ0n) is 18.4. The van der Waals surface area contributed by atoms with Gasteiger partial charge in [-0.05, 0) is 36.4 Å². The number of esters is 3. The maximum absolute atomic E-state index is 12.6. The van der Waals surface area contributed by atoms with E-state index >= 15 is 0 Å². The maximum atomic E-state index is 12.6. The third-order valence-electron chi connectivity index (χ3n) is 5.26. The van der Waals surface area contributed by atoms with Crippen LogP contribution in [-0.4, -0.2) is 59.0 Å². The van der Waals surface area contributed by atoms with Crippen LogP contribution in [-0.2, 0) is 18.9 Å². The molecule has 2 N–H and O–H groups in total. The van der Waals surface area contributed by atoms with Crippen LogP contribution in [0.25, 0.3) is 0 Å². The summed E-state index contributed by atoms with van der Waals surface area (Å²) in [6.45, 7) is -0.511. The highest BCUT2D eigenvalue weighted by Gasteiger charge is 2.60. The third-order valence-corrected chi connectivity index (χ3v) is 5.26. The van der Waals surface area contributed by atoms with E-state index in [0.29, 0.717) is 0 Å². The number of carbonyl (C=O) groups excluding carboxylic acids is 3. The minimum absolute atomic E-state index is 0.142. The minimum Gasteiger partial charge on any atom is -0.459 e. The third kappa shape index (κ3) is 5.55. The Bertz CT molecular complexity index is 1160. The smallest absolute Gasteiger partial charge is 0.340 e. The Morgan fingerprint density at radius 3 is 1.60 bits per heavy atom. The van der Waals surface area contributed by atoms with Crippen molar-refractivity contribution in [3.8, 4) is 0 Å². The van der Waals surface area contributed by atoms with Gasteiger partial charge in [0.25, 0.3) is 12.1 Å². The summed E-state index contributed by atoms with van der Waals surface area (Å²) < 4.78 is 21.2. The molecule has 180 valence electrons. The highest BCUT2D eigenvalue weighted by atomic mass is 16.8. The molecule has 9 heteroatoms. The lowest BCUT2D eigenvalue weighted by Gasteiger charge is -2.27. The molecule has 1 aliphatic heterocycles. The lowest BCUT2D eigenvalue weighted by atomic mass is 10.1. The molecular weight excluding hydrogens is 456 g/mol. The summed E-state index contributed by atoms with van der Waals surface area (Å²) in [6, 6.07) is 23.8. The van der Waals surface area contributed by atoms with Gasteiger partial charge in [0.05, 0.1) is 16.7 Å². The zero-order chi connectivity index (χ0) is 24.8. The Labute approximate surface area is 200 Å². The van der Waals surface area contributed by atoms with Crippen LogP contribution in [0.4, 0.5) is 0 Å². The van der Waals surface area contributed by atoms with E-state index in [0.717, 1.165) is 0 Å². The van der Waals surface area contributed by atoms with Crippen molar-refractivity contribution < 1.29 is 43.5 Å². The number of carbonyl (C=O) groups is 3. The van der Waals surface area contributed by atoms with Crippen LogP contribution in [0.5, 0.6) is 0 Å². The van der Waals surface area contributed by atoms with E-state index in [9.17, 15) is 24.6 Å². The standard InChI is InChI=1S/C26H22O9/c27-22(17-10-4-1-5-11-17)32-16-20-21(34-23(28)18-12-6-2-7-13-18)26(30,31)25(33-20)35-24(29)19-14-8-3-9-15-19/h1-15,20-21,25,30-31H,16H2/t20-,21-,25+/m1/s1. The summed E-state index contributed by atoms with van der Waals surface area (Å²) in [6.07, 6.45) is -5.02. The predicted octanol–water partition coefficient (Wildman–Crippen LogP) is 2.33. The molecule has 0 spiro atoms. The van der Waals surface area contributed by atoms with Gasteiger partial charge in [0.2, 0.25) is 0 Å². The molecule has 1 aliphatic rings. The van der Waals surface area contributed by atoms with Gasteiger partial charge >= 0.3 is 17.9 Å². The molecule has 3 aromatic rings. The van der Waals surface area contributed by atoms with Crippen LogP contribution in [0, 0.1) is 0 Å². The summed E-state index contributed by atoms with van der Waals surface area (Å²) in [5.41, 5.74) is 0.548. The first-order valence-corrected chi connectivity index (χ1v) is 10.7. The van der Waals surface area contributed by atoms with E-state index < -0.39 is 48.8 Å². The van der Waals surface area contributed by atoms with Gasteiger partial charge in [0.15, 0.2) is 6.10 Å². The Balaban J connectivity index is 1.53. The minimum atomic E-state index is -2.93. The molecular formula is C26H22O9. The Hall–Kier alpha value is -4.05. The van der Waals surface area contributed by atoms with Gasteiger partial charge in [-0.25, -0.2) is 14.4 Å². The first-order valence-electron chi connectivity index (χ1n) is 10.7. The number of aliphatic hydroxyl groups is 2. The number of rotatable bonds is 7. The van der Waals surface area contributed by atoms with Crippen molar-refractivity contribution in [2.45, 2.75) is 24.3 Å². The van der Waals surface area contributed by atoms with Crippen LogP contribution in [0.2, 0.25) is 0 Å². The Morgan fingerprint density at radius 1 is 0.686 bits per heavy atom. The van der Waals surface area contributed by atoms with E-state index in [2.05, 4.69) is 0 Å². The lowest BCUT2D eigenvalue weighted by molar-refractivity contribution is -0.279. The van der Waals surface area contributed by atoms with Crippen molar-refractivity contribution in [3.05, 3.63) is 108 Å². The first kappa shape index (κ1) is 24.1. The average Bonchev–Trinajstić information content (AvgIpc) is 3.12. The Morgan fingerprint density at radius 2 is 1.11 bits per heavy atom. The molecule has 3 atom stereocenters. The van der Waals surface area contributed by atoms with E-state index in [-0.39, 0.29) is 16.7 Å². The molecule has 0 saturated carbocycles.